The molecule has 7 heteroatoms. The van der Waals surface area contributed by atoms with Crippen LogP contribution in [0.4, 0.5) is 5.69 Å². The number of sulfone groups is 1. The first-order chi connectivity index (χ1) is 7.29. The fourth-order valence-corrected chi connectivity index (χ4v) is 2.01. The molecule has 0 aliphatic rings. The lowest BCUT2D eigenvalue weighted by Gasteiger charge is -2.09. The maximum atomic E-state index is 10.9. The van der Waals surface area contributed by atoms with Crippen molar-refractivity contribution in [1.29, 1.82) is 0 Å². The molecule has 90 valence electrons. The van der Waals surface area contributed by atoms with Crippen molar-refractivity contribution in [1.82, 2.24) is 0 Å². The molecule has 1 aromatic carbocycles. The minimum atomic E-state index is -3.06. The SMILES string of the molecule is CS(=O)(=O)CCOc1c(Cl)cc(N)cc1Cl. The van der Waals surface area contributed by atoms with Gasteiger partial charge in [0, 0.05) is 11.9 Å². The van der Waals surface area contributed by atoms with Crippen LogP contribution >= 0.6 is 23.2 Å². The minimum absolute atomic E-state index is 0.00217. The van der Waals surface area contributed by atoms with Gasteiger partial charge in [0.05, 0.1) is 15.8 Å². The number of nitrogen functional groups attached to an aromatic ring is 1. The average molecular weight is 284 g/mol. The molecule has 2 N–H and O–H groups in total. The van der Waals surface area contributed by atoms with Crippen LogP contribution in [0.5, 0.6) is 5.75 Å². The van der Waals surface area contributed by atoms with Crippen LogP contribution in [0.3, 0.4) is 0 Å². The summed E-state index contributed by atoms with van der Waals surface area (Å²) >= 11 is 11.7. The molecule has 0 spiro atoms. The third-order valence-electron chi connectivity index (χ3n) is 1.72. The minimum Gasteiger partial charge on any atom is -0.489 e. The Balaban J connectivity index is 2.75. The van der Waals surface area contributed by atoms with Crippen molar-refractivity contribution in [3.8, 4) is 5.75 Å². The molecule has 1 aromatic rings. The molecule has 0 aliphatic carbocycles. The fourth-order valence-electron chi connectivity index (χ4n) is 1.01. The monoisotopic (exact) mass is 283 g/mol. The summed E-state index contributed by atoms with van der Waals surface area (Å²) in [5.41, 5.74) is 5.93. The second kappa shape index (κ2) is 5.12. The normalized spacial score (nSPS) is 11.4. The zero-order valence-corrected chi connectivity index (χ0v) is 10.9. The topological polar surface area (TPSA) is 69.4 Å². The van der Waals surface area contributed by atoms with Crippen molar-refractivity contribution in [2.24, 2.45) is 0 Å². The summed E-state index contributed by atoms with van der Waals surface area (Å²) < 4.78 is 27.0. The second-order valence-corrected chi connectivity index (χ2v) is 6.37. The van der Waals surface area contributed by atoms with E-state index in [0.29, 0.717) is 5.69 Å². The maximum Gasteiger partial charge on any atom is 0.156 e. The highest BCUT2D eigenvalue weighted by Gasteiger charge is 2.10. The molecule has 0 aromatic heterocycles. The van der Waals surface area contributed by atoms with Crippen LogP contribution in [0.15, 0.2) is 12.1 Å². The second-order valence-electron chi connectivity index (χ2n) is 3.29. The van der Waals surface area contributed by atoms with E-state index in [-0.39, 0.29) is 28.2 Å². The van der Waals surface area contributed by atoms with Crippen molar-refractivity contribution in [3.05, 3.63) is 22.2 Å². The van der Waals surface area contributed by atoms with Gasteiger partial charge in [0.1, 0.15) is 6.61 Å². The molecular formula is C9H11Cl2NO3S. The number of hydrogen-bond acceptors (Lipinski definition) is 4. The van der Waals surface area contributed by atoms with Gasteiger partial charge in [0.15, 0.2) is 15.6 Å². The van der Waals surface area contributed by atoms with E-state index in [1.807, 2.05) is 0 Å². The number of nitrogens with two attached hydrogens (primary N) is 1. The zero-order valence-electron chi connectivity index (χ0n) is 8.54. The predicted molar refractivity (Wildman–Crippen MR) is 66.1 cm³/mol. The van der Waals surface area contributed by atoms with Crippen molar-refractivity contribution in [2.45, 2.75) is 0 Å². The van der Waals surface area contributed by atoms with Crippen LogP contribution in [-0.2, 0) is 9.84 Å². The van der Waals surface area contributed by atoms with Crippen molar-refractivity contribution >= 4 is 38.7 Å². The molecule has 0 heterocycles. The molecule has 0 atom stereocenters. The smallest absolute Gasteiger partial charge is 0.156 e. The Bertz CT molecular complexity index is 465. The van der Waals surface area contributed by atoms with Gasteiger partial charge >= 0.3 is 0 Å². The molecule has 0 amide bonds. The van der Waals surface area contributed by atoms with Gasteiger partial charge in [-0.25, -0.2) is 8.42 Å². The van der Waals surface area contributed by atoms with E-state index in [9.17, 15) is 8.42 Å². The molecule has 1 rings (SSSR count). The number of halogens is 2. The number of benzene rings is 1. The summed E-state index contributed by atoms with van der Waals surface area (Å²) in [6.07, 6.45) is 1.13. The maximum absolute atomic E-state index is 10.9. The molecule has 4 nitrogen and oxygen atoms in total. The Morgan fingerprint density at radius 3 is 2.25 bits per heavy atom. The van der Waals surface area contributed by atoms with Gasteiger partial charge in [0.25, 0.3) is 0 Å². The van der Waals surface area contributed by atoms with Gasteiger partial charge in [-0.1, -0.05) is 23.2 Å². The van der Waals surface area contributed by atoms with Crippen LogP contribution in [0, 0.1) is 0 Å². The number of hydrogen-bond donors (Lipinski definition) is 1. The molecule has 0 unspecified atom stereocenters. The van der Waals surface area contributed by atoms with Crippen molar-refractivity contribution in [3.63, 3.8) is 0 Å². The third kappa shape index (κ3) is 4.08. The third-order valence-corrected chi connectivity index (χ3v) is 3.19. The van der Waals surface area contributed by atoms with Crippen LogP contribution in [0.1, 0.15) is 0 Å². The summed E-state index contributed by atoms with van der Waals surface area (Å²) in [7, 11) is -3.06. The molecule has 0 saturated heterocycles. The first kappa shape index (κ1) is 13.4. The van der Waals surface area contributed by atoms with Gasteiger partial charge in [-0.05, 0) is 12.1 Å². The van der Waals surface area contributed by atoms with Gasteiger partial charge in [-0.15, -0.1) is 0 Å². The van der Waals surface area contributed by atoms with Crippen LogP contribution < -0.4 is 10.5 Å². The Morgan fingerprint density at radius 1 is 1.31 bits per heavy atom. The molecule has 0 radical (unpaired) electrons. The summed E-state index contributed by atoms with van der Waals surface area (Å²) in [5, 5.41) is 0.525. The van der Waals surface area contributed by atoms with E-state index in [1.54, 1.807) is 0 Å². The molecular weight excluding hydrogens is 273 g/mol. The van der Waals surface area contributed by atoms with Crippen molar-refractivity contribution < 1.29 is 13.2 Å². The highest BCUT2D eigenvalue weighted by molar-refractivity contribution is 7.90. The molecule has 16 heavy (non-hydrogen) atoms. The van der Waals surface area contributed by atoms with Crippen LogP contribution in [-0.4, -0.2) is 27.0 Å². The van der Waals surface area contributed by atoms with E-state index in [1.165, 1.54) is 12.1 Å². The van der Waals surface area contributed by atoms with Gasteiger partial charge in [0.2, 0.25) is 0 Å². The summed E-state index contributed by atoms with van der Waals surface area (Å²) in [5.74, 6) is 0.158. The molecule has 0 aliphatic heterocycles. The average Bonchev–Trinajstić information content (AvgIpc) is 2.07. The largest absolute Gasteiger partial charge is 0.489 e. The van der Waals surface area contributed by atoms with Crippen molar-refractivity contribution in [2.75, 3.05) is 24.3 Å². The lowest BCUT2D eigenvalue weighted by molar-refractivity contribution is 0.341. The van der Waals surface area contributed by atoms with E-state index in [4.69, 9.17) is 33.7 Å². The van der Waals surface area contributed by atoms with E-state index in [0.717, 1.165) is 6.26 Å². The predicted octanol–water partition coefficient (Wildman–Crippen LogP) is 2.00. The van der Waals surface area contributed by atoms with E-state index in [2.05, 4.69) is 0 Å². The first-order valence-corrected chi connectivity index (χ1v) is 7.16. The van der Waals surface area contributed by atoms with Gasteiger partial charge in [-0.2, -0.15) is 0 Å². The lowest BCUT2D eigenvalue weighted by Crippen LogP contribution is -2.12. The Morgan fingerprint density at radius 2 is 1.81 bits per heavy atom. The fraction of sp³-hybridized carbons (Fsp3) is 0.333. The lowest BCUT2D eigenvalue weighted by atomic mass is 10.3. The highest BCUT2D eigenvalue weighted by Crippen LogP contribution is 2.34. The standard InChI is InChI=1S/C9H11Cl2NO3S/c1-16(13,14)3-2-15-9-7(10)4-6(12)5-8(9)11/h4-5H,2-3,12H2,1H3. The first-order valence-electron chi connectivity index (χ1n) is 4.34. The van der Waals surface area contributed by atoms with E-state index < -0.39 is 9.84 Å². The number of anilines is 1. The molecule has 0 saturated carbocycles. The Hall–Kier alpha value is -0.650. The number of rotatable bonds is 4. The van der Waals surface area contributed by atoms with Gasteiger partial charge in [-0.3, -0.25) is 0 Å². The molecule has 0 fully saturated rings. The highest BCUT2D eigenvalue weighted by atomic mass is 35.5. The number of ether oxygens (including phenoxy) is 1. The van der Waals surface area contributed by atoms with Crippen LogP contribution in [0.2, 0.25) is 10.0 Å². The van der Waals surface area contributed by atoms with Crippen LogP contribution in [0.25, 0.3) is 0 Å². The quantitative estimate of drug-likeness (QED) is 0.858. The van der Waals surface area contributed by atoms with Gasteiger partial charge < -0.3 is 10.5 Å². The Kier molecular flexibility index (Phi) is 4.29. The van der Waals surface area contributed by atoms with E-state index >= 15 is 0 Å². The summed E-state index contributed by atoms with van der Waals surface area (Å²) in [6.45, 7) is 0.00217. The summed E-state index contributed by atoms with van der Waals surface area (Å²) in [6, 6.07) is 2.98. The zero-order chi connectivity index (χ0) is 12.3. The Labute approximate surface area is 104 Å². The molecule has 0 bridgehead atoms. The summed E-state index contributed by atoms with van der Waals surface area (Å²) in [4.78, 5) is 0.